The van der Waals surface area contributed by atoms with Crippen molar-refractivity contribution in [3.63, 3.8) is 0 Å². The quantitative estimate of drug-likeness (QED) is 0.185. The molecule has 9 heteroatoms. The smallest absolute Gasteiger partial charge is 0.373 e. The first-order valence-electron chi connectivity index (χ1n) is 5.06. The van der Waals surface area contributed by atoms with Gasteiger partial charge in [0.15, 0.2) is 0 Å². The minimum absolute atomic E-state index is 0.345. The van der Waals surface area contributed by atoms with Gasteiger partial charge in [-0.15, -0.1) is 6.58 Å². The average Bonchev–Trinajstić information content (AvgIpc) is 2.25. The highest BCUT2D eigenvalue weighted by atomic mass is 32.2. The van der Waals surface area contributed by atoms with Gasteiger partial charge < -0.3 is 9.47 Å². The second-order valence-electron chi connectivity index (χ2n) is 3.30. The first-order valence-corrected chi connectivity index (χ1v) is 6.67. The third-order valence-electron chi connectivity index (χ3n) is 1.37. The molecule has 0 amide bonds. The molecule has 0 rings (SSSR count). The zero-order valence-electron chi connectivity index (χ0n) is 11.1. The number of carbonyl (C=O) groups excluding carboxylic acids is 3. The summed E-state index contributed by atoms with van der Waals surface area (Å²) >= 11 is 0. The lowest BCUT2D eigenvalue weighted by molar-refractivity contribution is -0.150. The SMILES string of the molecule is C=C(OC(=O)CC(C)=O)C(=O)OC.C=CCS(=O)(=O)O. The molecule has 0 heterocycles. The summed E-state index contributed by atoms with van der Waals surface area (Å²) in [7, 11) is -2.66. The van der Waals surface area contributed by atoms with Gasteiger partial charge in [-0.25, -0.2) is 4.79 Å². The van der Waals surface area contributed by atoms with Gasteiger partial charge in [0.25, 0.3) is 10.1 Å². The van der Waals surface area contributed by atoms with E-state index in [4.69, 9.17) is 4.55 Å². The van der Waals surface area contributed by atoms with E-state index in [1.54, 1.807) is 0 Å². The van der Waals surface area contributed by atoms with Crippen molar-refractivity contribution < 1.29 is 36.8 Å². The molecule has 0 aromatic heterocycles. The number of ketones is 1. The maximum Gasteiger partial charge on any atom is 0.373 e. The van der Waals surface area contributed by atoms with Gasteiger partial charge in [-0.05, 0) is 13.5 Å². The Bertz CT molecular complexity index is 489. The number of carbonyl (C=O) groups is 3. The Morgan fingerprint density at radius 1 is 1.30 bits per heavy atom. The molecule has 0 aromatic rings. The van der Waals surface area contributed by atoms with Crippen molar-refractivity contribution in [2.24, 2.45) is 0 Å². The topological polar surface area (TPSA) is 124 Å². The summed E-state index contributed by atoms with van der Waals surface area (Å²) in [6.07, 6.45) is 0.741. The number of esters is 2. The van der Waals surface area contributed by atoms with Crippen molar-refractivity contribution in [2.45, 2.75) is 13.3 Å². The van der Waals surface area contributed by atoms with E-state index in [-0.39, 0.29) is 18.0 Å². The molecule has 0 aliphatic rings. The van der Waals surface area contributed by atoms with Gasteiger partial charge >= 0.3 is 11.9 Å². The maximum atomic E-state index is 10.8. The highest BCUT2D eigenvalue weighted by molar-refractivity contribution is 7.85. The Hall–Kier alpha value is -2.00. The summed E-state index contributed by atoms with van der Waals surface area (Å²) < 4.78 is 36.0. The van der Waals surface area contributed by atoms with E-state index in [1.807, 2.05) is 0 Å². The number of rotatable bonds is 6. The van der Waals surface area contributed by atoms with E-state index in [1.165, 1.54) is 6.92 Å². The summed E-state index contributed by atoms with van der Waals surface area (Å²) in [5.41, 5.74) is 0. The second kappa shape index (κ2) is 9.87. The van der Waals surface area contributed by atoms with E-state index in [0.29, 0.717) is 0 Å². The van der Waals surface area contributed by atoms with Gasteiger partial charge in [0, 0.05) is 0 Å². The Morgan fingerprint density at radius 3 is 2.05 bits per heavy atom. The van der Waals surface area contributed by atoms with Gasteiger partial charge in [-0.2, -0.15) is 8.42 Å². The van der Waals surface area contributed by atoms with Crippen LogP contribution in [0.4, 0.5) is 0 Å². The van der Waals surface area contributed by atoms with E-state index < -0.39 is 27.8 Å². The standard InChI is InChI=1S/C8H10O5.C3H6O3S/c1-5(9)4-7(10)13-6(2)8(11)12-3;1-2-3-7(4,5)6/h2,4H2,1,3H3;2H,1,3H2,(H,4,5,6). The second-order valence-corrected chi connectivity index (χ2v) is 4.80. The van der Waals surface area contributed by atoms with Crippen LogP contribution in [0.3, 0.4) is 0 Å². The fraction of sp³-hybridized carbons (Fsp3) is 0.364. The van der Waals surface area contributed by atoms with Crippen molar-refractivity contribution >= 4 is 27.8 Å². The summed E-state index contributed by atoms with van der Waals surface area (Å²) in [5.74, 6) is -2.79. The van der Waals surface area contributed by atoms with Gasteiger partial charge in [0.1, 0.15) is 12.2 Å². The summed E-state index contributed by atoms with van der Waals surface area (Å²) in [4.78, 5) is 31.9. The average molecular weight is 308 g/mol. The Balaban J connectivity index is 0. The first-order chi connectivity index (χ1) is 9.03. The molecule has 0 aromatic carbocycles. The lowest BCUT2D eigenvalue weighted by Gasteiger charge is -2.03. The Labute approximate surface area is 116 Å². The molecule has 20 heavy (non-hydrogen) atoms. The van der Waals surface area contributed by atoms with Crippen molar-refractivity contribution in [1.29, 1.82) is 0 Å². The minimum atomic E-state index is -3.79. The van der Waals surface area contributed by atoms with Crippen LogP contribution in [-0.4, -0.2) is 43.6 Å². The van der Waals surface area contributed by atoms with E-state index in [0.717, 1.165) is 13.2 Å². The number of ether oxygens (including phenoxy) is 2. The molecule has 0 aliphatic carbocycles. The van der Waals surface area contributed by atoms with Gasteiger partial charge in [0.05, 0.1) is 12.9 Å². The monoisotopic (exact) mass is 308 g/mol. The molecule has 0 radical (unpaired) electrons. The lowest BCUT2D eigenvalue weighted by Crippen LogP contribution is -2.14. The van der Waals surface area contributed by atoms with E-state index in [2.05, 4.69) is 22.6 Å². The molecule has 0 fully saturated rings. The van der Waals surface area contributed by atoms with Crippen LogP contribution in [0, 0.1) is 0 Å². The third-order valence-corrected chi connectivity index (χ3v) is 2.03. The van der Waals surface area contributed by atoms with Crippen molar-refractivity contribution in [2.75, 3.05) is 12.9 Å². The van der Waals surface area contributed by atoms with Crippen LogP contribution in [0.1, 0.15) is 13.3 Å². The largest absolute Gasteiger partial charge is 0.463 e. The van der Waals surface area contributed by atoms with Crippen LogP contribution in [-0.2, 0) is 34.0 Å². The van der Waals surface area contributed by atoms with Crippen molar-refractivity contribution in [3.05, 3.63) is 25.0 Å². The van der Waals surface area contributed by atoms with Crippen LogP contribution in [0.15, 0.2) is 25.0 Å². The predicted octanol–water partition coefficient (Wildman–Crippen LogP) is 0.256. The molecule has 8 nitrogen and oxygen atoms in total. The molecule has 0 atom stereocenters. The molecule has 0 spiro atoms. The molecule has 114 valence electrons. The summed E-state index contributed by atoms with van der Waals surface area (Å²) in [6, 6.07) is 0. The lowest BCUT2D eigenvalue weighted by atomic mass is 10.3. The van der Waals surface area contributed by atoms with E-state index >= 15 is 0 Å². The molecular formula is C11H16O8S. The van der Waals surface area contributed by atoms with Crippen molar-refractivity contribution in [3.8, 4) is 0 Å². The molecule has 0 aliphatic heterocycles. The Kier molecular flexibility index (Phi) is 10.0. The normalized spacial score (nSPS) is 9.55. The van der Waals surface area contributed by atoms with Gasteiger partial charge in [-0.3, -0.25) is 14.1 Å². The maximum absolute atomic E-state index is 10.8. The predicted molar refractivity (Wildman–Crippen MR) is 69.2 cm³/mol. The number of hydrogen-bond donors (Lipinski definition) is 1. The van der Waals surface area contributed by atoms with Crippen LogP contribution in [0.5, 0.6) is 0 Å². The fourth-order valence-corrected chi connectivity index (χ4v) is 0.979. The Morgan fingerprint density at radius 2 is 1.80 bits per heavy atom. The van der Waals surface area contributed by atoms with Crippen LogP contribution >= 0.6 is 0 Å². The molecule has 0 saturated heterocycles. The zero-order valence-corrected chi connectivity index (χ0v) is 11.9. The highest BCUT2D eigenvalue weighted by Crippen LogP contribution is 1.99. The molecule has 0 saturated carbocycles. The molecule has 0 unspecified atom stereocenters. The zero-order chi connectivity index (χ0) is 16.3. The van der Waals surface area contributed by atoms with Crippen molar-refractivity contribution in [1.82, 2.24) is 0 Å². The number of methoxy groups -OCH3 is 1. The first kappa shape index (κ1) is 20.3. The van der Waals surface area contributed by atoms with Gasteiger partial charge in [0.2, 0.25) is 5.76 Å². The summed E-state index contributed by atoms with van der Waals surface area (Å²) in [5, 5.41) is 0. The molecular weight excluding hydrogens is 292 g/mol. The van der Waals surface area contributed by atoms with E-state index in [9.17, 15) is 22.8 Å². The number of Topliss-reactive ketones (excluding diaryl/α,β-unsaturated/α-hetero) is 1. The molecule has 0 bridgehead atoms. The summed E-state index contributed by atoms with van der Waals surface area (Å²) in [6.45, 7) is 7.49. The van der Waals surface area contributed by atoms with Gasteiger partial charge in [-0.1, -0.05) is 6.08 Å². The minimum Gasteiger partial charge on any atom is -0.463 e. The van der Waals surface area contributed by atoms with Crippen LogP contribution in [0.2, 0.25) is 0 Å². The third kappa shape index (κ3) is 14.1. The van der Waals surface area contributed by atoms with Crippen LogP contribution < -0.4 is 0 Å². The number of hydrogen-bond acceptors (Lipinski definition) is 7. The van der Waals surface area contributed by atoms with Crippen LogP contribution in [0.25, 0.3) is 0 Å². The fourth-order valence-electron chi connectivity index (χ4n) is 0.681. The highest BCUT2D eigenvalue weighted by Gasteiger charge is 2.14. The molecule has 1 N–H and O–H groups in total.